The monoisotopic (exact) mass is 412 g/mol. The van der Waals surface area contributed by atoms with Gasteiger partial charge in [-0.25, -0.2) is 13.4 Å². The van der Waals surface area contributed by atoms with Gasteiger partial charge in [-0.1, -0.05) is 5.16 Å². The van der Waals surface area contributed by atoms with E-state index < -0.39 is 10.0 Å². The number of benzene rings is 1. The molecule has 1 N–H and O–H groups in total. The summed E-state index contributed by atoms with van der Waals surface area (Å²) in [6.45, 7) is 3.87. The highest BCUT2D eigenvalue weighted by Gasteiger charge is 2.16. The van der Waals surface area contributed by atoms with Gasteiger partial charge in [-0.05, 0) is 44.2 Å². The molecule has 0 aliphatic carbocycles. The number of nitrogens with zero attached hydrogens (tertiary/aromatic N) is 5. The zero-order chi connectivity index (χ0) is 20.4. The van der Waals surface area contributed by atoms with Crippen LogP contribution in [-0.4, -0.2) is 33.3 Å². The second kappa shape index (κ2) is 7.36. The quantitative estimate of drug-likeness (QED) is 0.512. The second-order valence-electron chi connectivity index (χ2n) is 6.11. The fraction of sp³-hybridized carbons (Fsp3) is 0.111. The number of imidazole rings is 1. The standard InChI is InChI=1S/C18H16N6O4S/c1-12-13(2)24(11-19-12)17-7-8-18(22-21-17)28-15-5-3-14(4-6-15)23-29(25,26)16-9-20-27-10-16/h3-11,23H,1-2H3. The Hall–Kier alpha value is -3.73. The van der Waals surface area contributed by atoms with E-state index in [1.54, 1.807) is 42.7 Å². The van der Waals surface area contributed by atoms with Gasteiger partial charge >= 0.3 is 0 Å². The topological polar surface area (TPSA) is 125 Å². The zero-order valence-electron chi connectivity index (χ0n) is 15.5. The molecule has 148 valence electrons. The Kier molecular flexibility index (Phi) is 4.72. The van der Waals surface area contributed by atoms with Crippen molar-refractivity contribution < 1.29 is 17.7 Å². The van der Waals surface area contributed by atoms with Crippen molar-refractivity contribution in [3.63, 3.8) is 0 Å². The van der Waals surface area contributed by atoms with Crippen LogP contribution < -0.4 is 9.46 Å². The Balaban J connectivity index is 1.44. The lowest BCUT2D eigenvalue weighted by molar-refractivity contribution is 0.417. The Morgan fingerprint density at radius 2 is 1.86 bits per heavy atom. The summed E-state index contributed by atoms with van der Waals surface area (Å²) in [7, 11) is -3.75. The van der Waals surface area contributed by atoms with Crippen LogP contribution in [0.5, 0.6) is 11.6 Å². The minimum atomic E-state index is -3.75. The summed E-state index contributed by atoms with van der Waals surface area (Å²) < 4.78 is 38.8. The minimum absolute atomic E-state index is 0.0588. The normalized spacial score (nSPS) is 11.4. The molecule has 0 saturated heterocycles. The van der Waals surface area contributed by atoms with Crippen molar-refractivity contribution in [3.05, 3.63) is 66.6 Å². The molecule has 0 fully saturated rings. The van der Waals surface area contributed by atoms with E-state index in [1.807, 2.05) is 18.4 Å². The Morgan fingerprint density at radius 3 is 2.45 bits per heavy atom. The Morgan fingerprint density at radius 1 is 1.07 bits per heavy atom. The predicted octanol–water partition coefficient (Wildman–Crippen LogP) is 2.86. The van der Waals surface area contributed by atoms with Gasteiger partial charge in [-0.15, -0.1) is 10.2 Å². The molecule has 0 aliphatic heterocycles. The van der Waals surface area contributed by atoms with Crippen molar-refractivity contribution in [1.29, 1.82) is 0 Å². The molecule has 0 radical (unpaired) electrons. The van der Waals surface area contributed by atoms with Gasteiger partial charge < -0.3 is 9.26 Å². The van der Waals surface area contributed by atoms with E-state index in [9.17, 15) is 8.42 Å². The van der Waals surface area contributed by atoms with Gasteiger partial charge in [-0.2, -0.15) is 0 Å². The molecule has 4 rings (SSSR count). The third-order valence-corrected chi connectivity index (χ3v) is 5.50. The van der Waals surface area contributed by atoms with Crippen LogP contribution >= 0.6 is 0 Å². The molecule has 4 aromatic rings. The average Bonchev–Trinajstić information content (AvgIpc) is 3.36. The van der Waals surface area contributed by atoms with Crippen LogP contribution in [0.15, 0.2) is 64.6 Å². The van der Waals surface area contributed by atoms with Crippen molar-refractivity contribution in [2.75, 3.05) is 4.72 Å². The SMILES string of the molecule is Cc1ncn(-c2ccc(Oc3ccc(NS(=O)(=O)c4cnoc4)cc3)nn2)c1C. The smallest absolute Gasteiger partial charge is 0.266 e. The van der Waals surface area contributed by atoms with Crippen molar-refractivity contribution in [2.45, 2.75) is 18.7 Å². The summed E-state index contributed by atoms with van der Waals surface area (Å²) >= 11 is 0. The van der Waals surface area contributed by atoms with Gasteiger partial charge in [-0.3, -0.25) is 9.29 Å². The van der Waals surface area contributed by atoms with E-state index in [0.29, 0.717) is 23.1 Å². The van der Waals surface area contributed by atoms with Crippen LogP contribution in [0.3, 0.4) is 0 Å². The number of aryl methyl sites for hydroxylation is 1. The first-order valence-electron chi connectivity index (χ1n) is 8.47. The van der Waals surface area contributed by atoms with Crippen LogP contribution in [0.1, 0.15) is 11.4 Å². The molecule has 11 heteroatoms. The van der Waals surface area contributed by atoms with Crippen molar-refractivity contribution in [1.82, 2.24) is 24.9 Å². The van der Waals surface area contributed by atoms with E-state index in [4.69, 9.17) is 4.74 Å². The highest BCUT2D eigenvalue weighted by atomic mass is 32.2. The van der Waals surface area contributed by atoms with Crippen LogP contribution in [0, 0.1) is 13.8 Å². The van der Waals surface area contributed by atoms with Crippen LogP contribution in [0.25, 0.3) is 5.82 Å². The maximum atomic E-state index is 12.1. The summed E-state index contributed by atoms with van der Waals surface area (Å²) in [6.07, 6.45) is 3.86. The lowest BCUT2D eigenvalue weighted by atomic mass is 10.3. The van der Waals surface area contributed by atoms with E-state index in [1.165, 1.54) is 0 Å². The van der Waals surface area contributed by atoms with Crippen molar-refractivity contribution in [3.8, 4) is 17.4 Å². The highest BCUT2D eigenvalue weighted by molar-refractivity contribution is 7.92. The zero-order valence-corrected chi connectivity index (χ0v) is 16.3. The summed E-state index contributed by atoms with van der Waals surface area (Å²) in [4.78, 5) is 4.18. The number of ether oxygens (including phenoxy) is 1. The molecule has 0 spiro atoms. The lowest BCUT2D eigenvalue weighted by Crippen LogP contribution is -2.11. The van der Waals surface area contributed by atoms with Crippen molar-refractivity contribution >= 4 is 15.7 Å². The molecule has 3 heterocycles. The molecular weight excluding hydrogens is 396 g/mol. The first kappa shape index (κ1) is 18.6. The molecule has 0 aliphatic rings. The van der Waals surface area contributed by atoms with Gasteiger partial charge in [0.05, 0.1) is 11.9 Å². The second-order valence-corrected chi connectivity index (χ2v) is 7.79. The molecule has 0 amide bonds. The maximum absolute atomic E-state index is 12.1. The fourth-order valence-electron chi connectivity index (χ4n) is 2.48. The molecule has 0 saturated carbocycles. The number of hydrogen-bond acceptors (Lipinski definition) is 8. The lowest BCUT2D eigenvalue weighted by Gasteiger charge is -2.08. The largest absolute Gasteiger partial charge is 0.438 e. The number of sulfonamides is 1. The molecule has 0 unspecified atom stereocenters. The third kappa shape index (κ3) is 3.94. The molecule has 3 aromatic heterocycles. The number of rotatable bonds is 6. The predicted molar refractivity (Wildman–Crippen MR) is 102 cm³/mol. The third-order valence-electron chi connectivity index (χ3n) is 4.17. The Labute approximate surface area is 166 Å². The van der Waals surface area contributed by atoms with E-state index in [-0.39, 0.29) is 4.90 Å². The molecule has 0 atom stereocenters. The molecule has 29 heavy (non-hydrogen) atoms. The number of aromatic nitrogens is 5. The van der Waals surface area contributed by atoms with Gasteiger partial charge in [0.25, 0.3) is 10.0 Å². The summed E-state index contributed by atoms with van der Waals surface area (Å²) in [5.74, 6) is 1.42. The number of anilines is 1. The Bertz CT molecular complexity index is 1220. The van der Waals surface area contributed by atoms with E-state index >= 15 is 0 Å². The number of hydrogen-bond donors (Lipinski definition) is 1. The summed E-state index contributed by atoms with van der Waals surface area (Å²) in [5.41, 5.74) is 2.27. The first-order chi connectivity index (χ1) is 13.9. The summed E-state index contributed by atoms with van der Waals surface area (Å²) in [6, 6.07) is 9.84. The van der Waals surface area contributed by atoms with Crippen LogP contribution in [0.4, 0.5) is 5.69 Å². The molecule has 0 bridgehead atoms. The fourth-order valence-corrected chi connectivity index (χ4v) is 3.40. The molecule has 1 aromatic carbocycles. The first-order valence-corrected chi connectivity index (χ1v) is 9.95. The number of nitrogens with one attached hydrogen (secondary N) is 1. The van der Waals surface area contributed by atoms with Gasteiger partial charge in [0.15, 0.2) is 5.82 Å². The van der Waals surface area contributed by atoms with Crippen LogP contribution in [0.2, 0.25) is 0 Å². The van der Waals surface area contributed by atoms with Gasteiger partial charge in [0.2, 0.25) is 5.88 Å². The van der Waals surface area contributed by atoms with Gasteiger partial charge in [0, 0.05) is 17.4 Å². The maximum Gasteiger partial charge on any atom is 0.266 e. The van der Waals surface area contributed by atoms with Crippen molar-refractivity contribution in [2.24, 2.45) is 0 Å². The molecular formula is C18H16N6O4S. The van der Waals surface area contributed by atoms with Gasteiger partial charge in [0.1, 0.15) is 23.2 Å². The summed E-state index contributed by atoms with van der Waals surface area (Å²) in [5, 5.41) is 11.6. The minimum Gasteiger partial charge on any atom is -0.438 e. The van der Waals surface area contributed by atoms with Crippen LogP contribution in [-0.2, 0) is 10.0 Å². The highest BCUT2D eigenvalue weighted by Crippen LogP contribution is 2.23. The van der Waals surface area contributed by atoms with E-state index in [2.05, 4.69) is 29.6 Å². The molecule has 10 nitrogen and oxygen atoms in total. The van der Waals surface area contributed by atoms with E-state index in [0.717, 1.165) is 23.8 Å². The average molecular weight is 412 g/mol.